The summed E-state index contributed by atoms with van der Waals surface area (Å²) in [5.41, 5.74) is 6.56. The van der Waals surface area contributed by atoms with Gasteiger partial charge in [0, 0.05) is 17.8 Å². The van der Waals surface area contributed by atoms with E-state index >= 15 is 0 Å². The third-order valence-electron chi connectivity index (χ3n) is 3.61. The number of nitrogens with one attached hydrogen (secondary N) is 1. The molecule has 0 saturated heterocycles. The predicted octanol–water partition coefficient (Wildman–Crippen LogP) is 3.77. The van der Waals surface area contributed by atoms with Gasteiger partial charge in [0.2, 0.25) is 5.89 Å². The van der Waals surface area contributed by atoms with Crippen LogP contribution in [-0.4, -0.2) is 11.5 Å². The van der Waals surface area contributed by atoms with Gasteiger partial charge < -0.3 is 9.73 Å². The number of anilines is 1. The number of nitrogens with zero attached hydrogens (tertiary/aromatic N) is 1. The first kappa shape index (κ1) is 10.6. The van der Waals surface area contributed by atoms with Crippen LogP contribution in [0.15, 0.2) is 40.8 Å². The van der Waals surface area contributed by atoms with Gasteiger partial charge >= 0.3 is 0 Å². The lowest BCUT2D eigenvalue weighted by molar-refractivity contribution is 0.620. The molecule has 0 atom stereocenters. The van der Waals surface area contributed by atoms with Gasteiger partial charge in [-0.25, -0.2) is 4.98 Å². The Balaban J connectivity index is 1.85. The molecule has 0 aliphatic carbocycles. The summed E-state index contributed by atoms with van der Waals surface area (Å²) in [6, 6.07) is 12.4. The highest BCUT2D eigenvalue weighted by Crippen LogP contribution is 2.30. The zero-order valence-electron chi connectivity index (χ0n) is 10.7. The Bertz CT molecular complexity index is 774. The lowest BCUT2D eigenvalue weighted by atomic mass is 10.1. The molecule has 0 radical (unpaired) electrons. The van der Waals surface area contributed by atoms with Crippen molar-refractivity contribution in [2.45, 2.75) is 13.3 Å². The van der Waals surface area contributed by atoms with E-state index in [4.69, 9.17) is 4.42 Å². The fraction of sp³-hybridized carbons (Fsp3) is 0.188. The van der Waals surface area contributed by atoms with Crippen molar-refractivity contribution in [3.63, 3.8) is 0 Å². The highest BCUT2D eigenvalue weighted by Gasteiger charge is 2.13. The van der Waals surface area contributed by atoms with Crippen LogP contribution < -0.4 is 5.32 Å². The summed E-state index contributed by atoms with van der Waals surface area (Å²) in [5, 5.41) is 3.38. The molecule has 0 bridgehead atoms. The van der Waals surface area contributed by atoms with Crippen LogP contribution >= 0.6 is 0 Å². The van der Waals surface area contributed by atoms with Crippen LogP contribution in [0.5, 0.6) is 0 Å². The van der Waals surface area contributed by atoms with E-state index in [0.29, 0.717) is 5.89 Å². The van der Waals surface area contributed by atoms with Crippen LogP contribution in [0.4, 0.5) is 5.69 Å². The van der Waals surface area contributed by atoms with E-state index in [1.807, 2.05) is 18.2 Å². The minimum Gasteiger partial charge on any atom is -0.436 e. The number of oxazole rings is 1. The summed E-state index contributed by atoms with van der Waals surface area (Å²) < 4.78 is 5.83. The van der Waals surface area contributed by atoms with Crippen molar-refractivity contribution >= 4 is 16.8 Å². The summed E-state index contributed by atoms with van der Waals surface area (Å²) in [6.45, 7) is 3.08. The van der Waals surface area contributed by atoms with E-state index in [2.05, 4.69) is 35.4 Å². The first-order chi connectivity index (χ1) is 9.29. The van der Waals surface area contributed by atoms with Crippen molar-refractivity contribution in [2.24, 2.45) is 0 Å². The molecule has 19 heavy (non-hydrogen) atoms. The molecule has 4 rings (SSSR count). The number of rotatable bonds is 1. The van der Waals surface area contributed by atoms with Crippen molar-refractivity contribution in [1.82, 2.24) is 4.98 Å². The molecule has 1 aromatic heterocycles. The monoisotopic (exact) mass is 250 g/mol. The number of fused-ring (bicyclic) bond motifs is 2. The van der Waals surface area contributed by atoms with Gasteiger partial charge in [0.15, 0.2) is 5.58 Å². The van der Waals surface area contributed by atoms with Crippen LogP contribution in [0.3, 0.4) is 0 Å². The molecule has 0 unspecified atom stereocenters. The summed E-state index contributed by atoms with van der Waals surface area (Å²) in [7, 11) is 0. The number of aromatic nitrogens is 1. The van der Waals surface area contributed by atoms with Crippen LogP contribution in [0.2, 0.25) is 0 Å². The first-order valence-electron chi connectivity index (χ1n) is 6.54. The number of hydrogen-bond acceptors (Lipinski definition) is 3. The lowest BCUT2D eigenvalue weighted by Gasteiger charge is -2.01. The van der Waals surface area contributed by atoms with Crippen molar-refractivity contribution in [2.75, 3.05) is 11.9 Å². The predicted molar refractivity (Wildman–Crippen MR) is 76.4 cm³/mol. The molecular formula is C16H14N2O. The second-order valence-corrected chi connectivity index (χ2v) is 5.04. The zero-order chi connectivity index (χ0) is 12.8. The van der Waals surface area contributed by atoms with Gasteiger partial charge in [0.05, 0.1) is 0 Å². The maximum absolute atomic E-state index is 5.83. The van der Waals surface area contributed by atoms with Gasteiger partial charge in [0.1, 0.15) is 5.52 Å². The molecule has 0 fully saturated rings. The average Bonchev–Trinajstić information content (AvgIpc) is 3.02. The van der Waals surface area contributed by atoms with Crippen LogP contribution in [0.1, 0.15) is 11.1 Å². The van der Waals surface area contributed by atoms with Crippen molar-refractivity contribution in [3.8, 4) is 11.5 Å². The molecule has 0 amide bonds. The molecule has 2 aromatic carbocycles. The number of hydrogen-bond donors (Lipinski definition) is 1. The van der Waals surface area contributed by atoms with Crippen LogP contribution in [0, 0.1) is 6.92 Å². The number of benzene rings is 2. The summed E-state index contributed by atoms with van der Waals surface area (Å²) in [5.74, 6) is 0.692. The van der Waals surface area contributed by atoms with Gasteiger partial charge in [-0.05, 0) is 48.7 Å². The molecule has 94 valence electrons. The standard InChI is InChI=1S/C16H14N2O/c1-10-2-5-15-14(8-10)18-16(19-15)12-4-3-11-6-7-17-13(11)9-12/h2-5,8-9,17H,6-7H2,1H3. The molecule has 0 saturated carbocycles. The quantitative estimate of drug-likeness (QED) is 0.714. The Morgan fingerprint density at radius 1 is 1.16 bits per heavy atom. The highest BCUT2D eigenvalue weighted by atomic mass is 16.3. The van der Waals surface area contributed by atoms with Crippen LogP contribution in [0.25, 0.3) is 22.6 Å². The molecule has 3 heteroatoms. The minimum atomic E-state index is 0.692. The van der Waals surface area contributed by atoms with Gasteiger partial charge in [-0.1, -0.05) is 12.1 Å². The van der Waals surface area contributed by atoms with E-state index in [-0.39, 0.29) is 0 Å². The van der Waals surface area contributed by atoms with Gasteiger partial charge in [0.25, 0.3) is 0 Å². The third kappa shape index (κ3) is 1.70. The average molecular weight is 250 g/mol. The SMILES string of the molecule is Cc1ccc2oc(-c3ccc4c(c3)NCC4)nc2c1. The largest absolute Gasteiger partial charge is 0.436 e. The normalized spacial score (nSPS) is 13.5. The second-order valence-electron chi connectivity index (χ2n) is 5.04. The smallest absolute Gasteiger partial charge is 0.227 e. The fourth-order valence-electron chi connectivity index (χ4n) is 2.58. The van der Waals surface area contributed by atoms with E-state index in [1.165, 1.54) is 16.8 Å². The molecule has 1 aliphatic rings. The van der Waals surface area contributed by atoms with Gasteiger partial charge in [-0.3, -0.25) is 0 Å². The summed E-state index contributed by atoms with van der Waals surface area (Å²) in [4.78, 5) is 4.57. The van der Waals surface area contributed by atoms with E-state index in [0.717, 1.165) is 29.6 Å². The van der Waals surface area contributed by atoms with E-state index in [9.17, 15) is 0 Å². The maximum atomic E-state index is 5.83. The van der Waals surface area contributed by atoms with Crippen LogP contribution in [-0.2, 0) is 6.42 Å². The topological polar surface area (TPSA) is 38.1 Å². The van der Waals surface area contributed by atoms with Crippen molar-refractivity contribution in [3.05, 3.63) is 47.5 Å². The third-order valence-corrected chi connectivity index (χ3v) is 3.61. The molecular weight excluding hydrogens is 236 g/mol. The van der Waals surface area contributed by atoms with E-state index < -0.39 is 0 Å². The Morgan fingerprint density at radius 2 is 2.11 bits per heavy atom. The Labute approximate surface area is 111 Å². The maximum Gasteiger partial charge on any atom is 0.227 e. The van der Waals surface area contributed by atoms with E-state index in [1.54, 1.807) is 0 Å². The Kier molecular flexibility index (Phi) is 2.15. The molecule has 0 spiro atoms. The number of aryl methyl sites for hydroxylation is 1. The Morgan fingerprint density at radius 3 is 3.05 bits per heavy atom. The molecule has 2 heterocycles. The molecule has 1 N–H and O–H groups in total. The first-order valence-corrected chi connectivity index (χ1v) is 6.54. The zero-order valence-corrected chi connectivity index (χ0v) is 10.7. The van der Waals surface area contributed by atoms with Gasteiger partial charge in [-0.15, -0.1) is 0 Å². The van der Waals surface area contributed by atoms with Crippen molar-refractivity contribution < 1.29 is 4.42 Å². The molecule has 1 aliphatic heterocycles. The summed E-state index contributed by atoms with van der Waals surface area (Å²) >= 11 is 0. The summed E-state index contributed by atoms with van der Waals surface area (Å²) in [6.07, 6.45) is 1.10. The molecule has 3 aromatic rings. The van der Waals surface area contributed by atoms with Crippen molar-refractivity contribution in [1.29, 1.82) is 0 Å². The highest BCUT2D eigenvalue weighted by molar-refractivity contribution is 5.78. The second kappa shape index (κ2) is 3.85. The Hall–Kier alpha value is -2.29. The lowest BCUT2D eigenvalue weighted by Crippen LogP contribution is -1.91. The fourth-order valence-corrected chi connectivity index (χ4v) is 2.58. The molecule has 3 nitrogen and oxygen atoms in total. The minimum absolute atomic E-state index is 0.692. The van der Waals surface area contributed by atoms with Gasteiger partial charge in [-0.2, -0.15) is 0 Å².